The van der Waals surface area contributed by atoms with E-state index in [0.717, 1.165) is 24.8 Å². The highest BCUT2D eigenvalue weighted by molar-refractivity contribution is 5.23. The van der Waals surface area contributed by atoms with E-state index in [4.69, 9.17) is 0 Å². The van der Waals surface area contributed by atoms with E-state index in [2.05, 4.69) is 0 Å². The van der Waals surface area contributed by atoms with Crippen LogP contribution in [0.3, 0.4) is 0 Å². The molecule has 1 aliphatic rings. The van der Waals surface area contributed by atoms with Gasteiger partial charge in [-0.25, -0.2) is 4.39 Å². The molecule has 1 aliphatic carbocycles. The van der Waals surface area contributed by atoms with E-state index in [9.17, 15) is 9.50 Å². The maximum atomic E-state index is 12.7. The van der Waals surface area contributed by atoms with Crippen molar-refractivity contribution in [2.45, 2.75) is 37.7 Å². The fourth-order valence-electron chi connectivity index (χ4n) is 2.03. The summed E-state index contributed by atoms with van der Waals surface area (Å²) in [5.74, 6) is -0.113. The Balaban J connectivity index is 2.18. The molecule has 0 radical (unpaired) electrons. The van der Waals surface area contributed by atoms with Crippen LogP contribution in [-0.4, -0.2) is 10.7 Å². The van der Waals surface area contributed by atoms with E-state index in [0.29, 0.717) is 0 Å². The first kappa shape index (κ1) is 9.66. The smallest absolute Gasteiger partial charge is 0.123 e. The molecular formula is C12H15FO. The lowest BCUT2D eigenvalue weighted by Crippen LogP contribution is -2.41. The molecule has 0 aromatic heterocycles. The molecule has 1 N–H and O–H groups in total. The average molecular weight is 194 g/mol. The average Bonchev–Trinajstić information content (AvgIpc) is 2.14. The first-order chi connectivity index (χ1) is 6.62. The summed E-state index contributed by atoms with van der Waals surface area (Å²) in [6, 6.07) is 6.42. The van der Waals surface area contributed by atoms with E-state index < -0.39 is 5.60 Å². The Hall–Kier alpha value is -0.890. The van der Waals surface area contributed by atoms with Gasteiger partial charge in [-0.1, -0.05) is 19.1 Å². The second kappa shape index (κ2) is 3.35. The van der Waals surface area contributed by atoms with Gasteiger partial charge < -0.3 is 5.11 Å². The largest absolute Gasteiger partial charge is 0.389 e. The molecule has 0 saturated heterocycles. The maximum absolute atomic E-state index is 12.7. The Morgan fingerprint density at radius 2 is 1.86 bits per heavy atom. The zero-order valence-electron chi connectivity index (χ0n) is 8.33. The number of halogens is 1. The van der Waals surface area contributed by atoms with Gasteiger partial charge in [-0.05, 0) is 37.0 Å². The summed E-state index contributed by atoms with van der Waals surface area (Å²) in [6.45, 7) is 2.01. The van der Waals surface area contributed by atoms with Crippen molar-refractivity contribution in [3.8, 4) is 0 Å². The minimum absolute atomic E-state index is 0.108. The van der Waals surface area contributed by atoms with Crippen LogP contribution in [0, 0.1) is 5.82 Å². The normalized spacial score (nSPS) is 21.4. The van der Waals surface area contributed by atoms with Crippen LogP contribution in [0.15, 0.2) is 24.3 Å². The topological polar surface area (TPSA) is 20.2 Å². The second-order valence-corrected chi connectivity index (χ2v) is 4.23. The number of hydrogen-bond acceptors (Lipinski definition) is 1. The van der Waals surface area contributed by atoms with Gasteiger partial charge in [-0.2, -0.15) is 0 Å². The molecule has 76 valence electrons. The van der Waals surface area contributed by atoms with Gasteiger partial charge >= 0.3 is 0 Å². The highest BCUT2D eigenvalue weighted by Gasteiger charge is 2.40. The van der Waals surface area contributed by atoms with Gasteiger partial charge in [0.05, 0.1) is 5.60 Å². The van der Waals surface area contributed by atoms with Crippen LogP contribution in [0.25, 0.3) is 0 Å². The first-order valence-corrected chi connectivity index (χ1v) is 5.10. The van der Waals surface area contributed by atoms with Gasteiger partial charge in [0.15, 0.2) is 0 Å². The van der Waals surface area contributed by atoms with E-state index in [1.165, 1.54) is 12.1 Å². The summed E-state index contributed by atoms with van der Waals surface area (Å²) in [4.78, 5) is 0. The molecule has 0 heterocycles. The third-order valence-electron chi connectivity index (χ3n) is 3.40. The molecule has 1 nitrogen and oxygen atoms in total. The monoisotopic (exact) mass is 194 g/mol. The summed E-state index contributed by atoms with van der Waals surface area (Å²) in [6.07, 6.45) is 2.83. The van der Waals surface area contributed by atoms with Crippen LogP contribution < -0.4 is 0 Å². The van der Waals surface area contributed by atoms with Crippen LogP contribution in [0.1, 0.15) is 37.7 Å². The molecule has 1 fully saturated rings. The van der Waals surface area contributed by atoms with Crippen molar-refractivity contribution >= 4 is 0 Å². The highest BCUT2D eigenvalue weighted by Crippen LogP contribution is 2.42. The summed E-state index contributed by atoms with van der Waals surface area (Å²) >= 11 is 0. The van der Waals surface area contributed by atoms with Crippen LogP contribution in [0.2, 0.25) is 0 Å². The Kier molecular flexibility index (Phi) is 2.31. The summed E-state index contributed by atoms with van der Waals surface area (Å²) in [7, 11) is 0. The Morgan fingerprint density at radius 3 is 2.29 bits per heavy atom. The maximum Gasteiger partial charge on any atom is 0.123 e. The molecule has 0 amide bonds. The molecular weight excluding hydrogens is 179 g/mol. The van der Waals surface area contributed by atoms with Gasteiger partial charge in [0.2, 0.25) is 0 Å². The third kappa shape index (κ3) is 1.55. The molecule has 1 aromatic carbocycles. The first-order valence-electron chi connectivity index (χ1n) is 5.10. The fraction of sp³-hybridized carbons (Fsp3) is 0.500. The highest BCUT2D eigenvalue weighted by atomic mass is 19.1. The molecule has 2 heteroatoms. The van der Waals surface area contributed by atoms with Crippen LogP contribution in [-0.2, 0) is 0 Å². The molecule has 1 aromatic rings. The Morgan fingerprint density at radius 1 is 1.29 bits per heavy atom. The molecule has 0 bridgehead atoms. The zero-order chi connectivity index (χ0) is 10.2. The van der Waals surface area contributed by atoms with Crippen molar-refractivity contribution in [3.63, 3.8) is 0 Å². The lowest BCUT2D eigenvalue weighted by molar-refractivity contribution is -0.0527. The van der Waals surface area contributed by atoms with Crippen molar-refractivity contribution in [1.29, 1.82) is 0 Å². The van der Waals surface area contributed by atoms with E-state index >= 15 is 0 Å². The summed E-state index contributed by atoms with van der Waals surface area (Å²) < 4.78 is 12.7. The number of rotatable bonds is 2. The van der Waals surface area contributed by atoms with E-state index in [1.54, 1.807) is 12.1 Å². The minimum Gasteiger partial charge on any atom is -0.389 e. The Labute approximate surface area is 83.6 Å². The molecule has 1 atom stereocenters. The molecule has 0 spiro atoms. The van der Waals surface area contributed by atoms with Gasteiger partial charge in [-0.15, -0.1) is 0 Å². The van der Waals surface area contributed by atoms with Crippen LogP contribution in [0.4, 0.5) is 4.39 Å². The van der Waals surface area contributed by atoms with Crippen molar-refractivity contribution in [3.05, 3.63) is 35.6 Å². The Bertz CT molecular complexity index is 314. The van der Waals surface area contributed by atoms with Crippen molar-refractivity contribution in [2.75, 3.05) is 0 Å². The van der Waals surface area contributed by atoms with Crippen molar-refractivity contribution in [1.82, 2.24) is 0 Å². The number of hydrogen-bond donors (Lipinski definition) is 1. The van der Waals surface area contributed by atoms with Crippen LogP contribution in [0.5, 0.6) is 0 Å². The predicted octanol–water partition coefficient (Wildman–Crippen LogP) is 2.84. The SMILES string of the molecule is CC(c1ccc(F)cc1)C1(O)CCC1. The quantitative estimate of drug-likeness (QED) is 0.767. The molecule has 0 aliphatic heterocycles. The van der Waals surface area contributed by atoms with E-state index in [1.807, 2.05) is 6.92 Å². The summed E-state index contributed by atoms with van der Waals surface area (Å²) in [5, 5.41) is 10.1. The van der Waals surface area contributed by atoms with Gasteiger partial charge in [0.1, 0.15) is 5.82 Å². The third-order valence-corrected chi connectivity index (χ3v) is 3.40. The molecule has 1 unspecified atom stereocenters. The standard InChI is InChI=1S/C12H15FO/c1-9(12(14)7-2-8-12)10-3-5-11(13)6-4-10/h3-6,9,14H,2,7-8H2,1H3. The predicted molar refractivity (Wildman–Crippen MR) is 53.6 cm³/mol. The fourth-order valence-corrected chi connectivity index (χ4v) is 2.03. The lowest BCUT2D eigenvalue weighted by Gasteiger charge is -2.42. The molecule has 14 heavy (non-hydrogen) atoms. The summed E-state index contributed by atoms with van der Waals surface area (Å²) in [5.41, 5.74) is 0.478. The molecule has 2 rings (SSSR count). The van der Waals surface area contributed by atoms with Crippen molar-refractivity contribution < 1.29 is 9.50 Å². The van der Waals surface area contributed by atoms with E-state index in [-0.39, 0.29) is 11.7 Å². The number of aliphatic hydroxyl groups is 1. The number of benzene rings is 1. The molecule has 1 saturated carbocycles. The van der Waals surface area contributed by atoms with Gasteiger partial charge in [0.25, 0.3) is 0 Å². The minimum atomic E-state index is -0.544. The van der Waals surface area contributed by atoms with Crippen LogP contribution >= 0.6 is 0 Å². The van der Waals surface area contributed by atoms with Gasteiger partial charge in [0, 0.05) is 5.92 Å². The lowest BCUT2D eigenvalue weighted by atomic mass is 9.69. The van der Waals surface area contributed by atoms with Crippen molar-refractivity contribution in [2.24, 2.45) is 0 Å². The second-order valence-electron chi connectivity index (χ2n) is 4.23. The zero-order valence-corrected chi connectivity index (χ0v) is 8.33. The van der Waals surface area contributed by atoms with Gasteiger partial charge in [-0.3, -0.25) is 0 Å².